The summed E-state index contributed by atoms with van der Waals surface area (Å²) in [6.45, 7) is 5.31. The molecule has 0 saturated carbocycles. The van der Waals surface area contributed by atoms with Gasteiger partial charge in [0.25, 0.3) is 0 Å². The van der Waals surface area contributed by atoms with Crippen molar-refractivity contribution in [3.63, 3.8) is 0 Å². The van der Waals surface area contributed by atoms with Crippen LogP contribution in [0, 0.1) is 0 Å². The number of rotatable bonds is 34. The summed E-state index contributed by atoms with van der Waals surface area (Å²) in [6.07, 6.45) is 28.0. The van der Waals surface area contributed by atoms with Crippen LogP contribution in [0.3, 0.4) is 0 Å². The van der Waals surface area contributed by atoms with Crippen LogP contribution in [0.15, 0.2) is 0 Å². The Morgan fingerprint density at radius 2 is 0.816 bits per heavy atom. The molecule has 296 valence electrons. The van der Waals surface area contributed by atoms with E-state index < -0.39 is 36.5 Å². The number of carbonyl (C=O) groups excluding carboxylic acids is 1. The molecule has 0 bridgehead atoms. The number of nitrogens with zero attached hydrogens (tertiary/aromatic N) is 1. The Labute approximate surface area is 302 Å². The number of hydrogen-bond donors (Lipinski definition) is 7. The molecule has 0 heterocycles. The largest absolute Gasteiger partial charge is 0.395 e. The van der Waals surface area contributed by atoms with Gasteiger partial charge in [0.2, 0.25) is 5.91 Å². The topological polar surface area (TPSA) is 154 Å². The molecule has 0 spiro atoms. The van der Waals surface area contributed by atoms with E-state index in [0.717, 1.165) is 32.1 Å². The van der Waals surface area contributed by atoms with Crippen molar-refractivity contribution < 1.29 is 35.4 Å². The molecule has 0 aliphatic carbocycles. The SMILES string of the molecule is CCCCCCCCCCCCCC[C@@H](O)[C@@H](O)[C@H](CO)N(C)C.CCCCCCCCCCCCCC[C@@H](O)[C@@H](O)[C@H](CO)NC(C)=O. The smallest absolute Gasteiger partial charge is 0.217 e. The zero-order chi connectivity index (χ0) is 37.1. The second kappa shape index (κ2) is 37.0. The van der Waals surface area contributed by atoms with Crippen molar-refractivity contribution in [1.82, 2.24) is 10.2 Å². The number of nitrogens with one attached hydrogen (secondary N) is 1. The minimum atomic E-state index is -1.12. The molecule has 9 heteroatoms. The van der Waals surface area contributed by atoms with E-state index in [2.05, 4.69) is 19.2 Å². The van der Waals surface area contributed by atoms with Crippen molar-refractivity contribution in [3.05, 3.63) is 0 Å². The zero-order valence-corrected chi connectivity index (χ0v) is 32.8. The number of carbonyl (C=O) groups is 1. The third-order valence-corrected chi connectivity index (χ3v) is 9.74. The molecule has 0 rings (SSSR count). The molecule has 49 heavy (non-hydrogen) atoms. The van der Waals surface area contributed by atoms with Gasteiger partial charge in [-0.15, -0.1) is 0 Å². The molecule has 0 aliphatic rings. The van der Waals surface area contributed by atoms with Crippen molar-refractivity contribution in [2.75, 3.05) is 27.3 Å². The van der Waals surface area contributed by atoms with Gasteiger partial charge in [-0.1, -0.05) is 168 Å². The Morgan fingerprint density at radius 3 is 1.08 bits per heavy atom. The lowest BCUT2D eigenvalue weighted by atomic mass is 9.99. The van der Waals surface area contributed by atoms with Gasteiger partial charge in [-0.25, -0.2) is 0 Å². The molecule has 1 amide bonds. The van der Waals surface area contributed by atoms with Gasteiger partial charge in [0.05, 0.1) is 43.6 Å². The van der Waals surface area contributed by atoms with Gasteiger partial charge in [-0.2, -0.15) is 0 Å². The number of aliphatic hydroxyl groups excluding tert-OH is 6. The van der Waals surface area contributed by atoms with Crippen molar-refractivity contribution in [2.24, 2.45) is 0 Å². The minimum absolute atomic E-state index is 0.135. The second-order valence-corrected chi connectivity index (χ2v) is 14.7. The highest BCUT2D eigenvalue weighted by molar-refractivity contribution is 5.73. The number of amides is 1. The van der Waals surface area contributed by atoms with Crippen molar-refractivity contribution in [3.8, 4) is 0 Å². The van der Waals surface area contributed by atoms with Crippen molar-refractivity contribution >= 4 is 5.91 Å². The molecule has 0 unspecified atom stereocenters. The van der Waals surface area contributed by atoms with Gasteiger partial charge in [0, 0.05) is 6.92 Å². The van der Waals surface area contributed by atoms with E-state index in [1.807, 2.05) is 0 Å². The van der Waals surface area contributed by atoms with E-state index in [1.165, 1.54) is 129 Å². The molecule has 0 aliphatic heterocycles. The molecule has 0 aromatic heterocycles. The van der Waals surface area contributed by atoms with Gasteiger partial charge in [-0.3, -0.25) is 4.79 Å². The number of unbranched alkanes of at least 4 members (excludes halogenated alkanes) is 22. The van der Waals surface area contributed by atoms with Crippen molar-refractivity contribution in [1.29, 1.82) is 0 Å². The third kappa shape index (κ3) is 31.6. The van der Waals surface area contributed by atoms with Crippen LogP contribution in [-0.2, 0) is 4.79 Å². The van der Waals surface area contributed by atoms with Crippen LogP contribution >= 0.6 is 0 Å². The fourth-order valence-corrected chi connectivity index (χ4v) is 6.33. The molecule has 0 saturated heterocycles. The molecular formula is C40H84N2O7. The third-order valence-electron chi connectivity index (χ3n) is 9.74. The summed E-state index contributed by atoms with van der Waals surface area (Å²) in [7, 11) is 3.61. The summed E-state index contributed by atoms with van der Waals surface area (Å²) in [5.74, 6) is -0.323. The fourth-order valence-electron chi connectivity index (χ4n) is 6.33. The van der Waals surface area contributed by atoms with Gasteiger partial charge in [0.1, 0.15) is 6.10 Å². The molecule has 7 N–H and O–H groups in total. The van der Waals surface area contributed by atoms with Gasteiger partial charge in [0.15, 0.2) is 0 Å². The monoisotopic (exact) mass is 705 g/mol. The second-order valence-electron chi connectivity index (χ2n) is 14.7. The first-order valence-corrected chi connectivity index (χ1v) is 20.4. The zero-order valence-electron chi connectivity index (χ0n) is 32.8. The Hall–Kier alpha value is -0.810. The van der Waals surface area contributed by atoms with Crippen LogP contribution < -0.4 is 5.32 Å². The number of hydrogen-bond acceptors (Lipinski definition) is 8. The fraction of sp³-hybridized carbons (Fsp3) is 0.975. The lowest BCUT2D eigenvalue weighted by molar-refractivity contribution is -0.122. The first-order valence-electron chi connectivity index (χ1n) is 20.4. The summed E-state index contributed by atoms with van der Waals surface area (Å²) < 4.78 is 0. The van der Waals surface area contributed by atoms with E-state index in [9.17, 15) is 35.4 Å². The molecule has 6 atom stereocenters. The average Bonchev–Trinajstić information content (AvgIpc) is 3.07. The highest BCUT2D eigenvalue weighted by Gasteiger charge is 2.27. The predicted octanol–water partition coefficient (Wildman–Crippen LogP) is 7.02. The minimum Gasteiger partial charge on any atom is -0.395 e. The Balaban J connectivity index is 0. The van der Waals surface area contributed by atoms with Gasteiger partial charge >= 0.3 is 0 Å². The standard InChI is InChI=1S/C20H41NO4.C20H43NO3/c1-3-4-5-6-7-8-9-10-11-12-13-14-15-19(24)20(25)18(16-22)21-17(2)23;1-4-5-6-7-8-9-10-11-12-13-14-15-16-19(23)20(24)18(17-22)21(2)3/h18-20,22,24-25H,3-16H2,1-2H3,(H,21,23);18-20,22-24H,4-17H2,1-3H3/t2*18-,19+,20-/m00/s1. The number of aliphatic hydroxyl groups is 6. The summed E-state index contributed by atoms with van der Waals surface area (Å²) in [5.41, 5.74) is 0. The maximum absolute atomic E-state index is 11.0. The maximum atomic E-state index is 11.0. The van der Waals surface area contributed by atoms with Gasteiger partial charge in [-0.05, 0) is 26.9 Å². The van der Waals surface area contributed by atoms with Crippen LogP contribution in [0.4, 0.5) is 0 Å². The average molecular weight is 705 g/mol. The normalized spacial score (nSPS) is 15.3. The summed E-state index contributed by atoms with van der Waals surface area (Å²) in [5, 5.41) is 61.0. The highest BCUT2D eigenvalue weighted by Crippen LogP contribution is 2.16. The van der Waals surface area contributed by atoms with Crippen LogP contribution in [0.2, 0.25) is 0 Å². The van der Waals surface area contributed by atoms with E-state index in [-0.39, 0.29) is 19.1 Å². The van der Waals surface area contributed by atoms with Crippen LogP contribution in [-0.4, -0.2) is 105 Å². The van der Waals surface area contributed by atoms with Gasteiger partial charge < -0.3 is 40.9 Å². The van der Waals surface area contributed by atoms with E-state index in [4.69, 9.17) is 0 Å². The first kappa shape index (κ1) is 50.3. The van der Waals surface area contributed by atoms with Crippen LogP contribution in [0.5, 0.6) is 0 Å². The number of likely N-dealkylation sites (N-methyl/N-ethyl adjacent to an activating group) is 1. The molecule has 0 aromatic carbocycles. The Kier molecular flexibility index (Phi) is 37.9. The summed E-state index contributed by atoms with van der Waals surface area (Å²) >= 11 is 0. The van der Waals surface area contributed by atoms with E-state index in [1.54, 1.807) is 19.0 Å². The van der Waals surface area contributed by atoms with E-state index in [0.29, 0.717) is 12.8 Å². The molecule has 0 radical (unpaired) electrons. The quantitative estimate of drug-likeness (QED) is 0.0353. The lowest BCUT2D eigenvalue weighted by Gasteiger charge is -2.30. The lowest BCUT2D eigenvalue weighted by Crippen LogP contribution is -2.50. The Bertz CT molecular complexity index is 685. The summed E-state index contributed by atoms with van der Waals surface area (Å²) in [4.78, 5) is 12.8. The molecule has 0 fully saturated rings. The highest BCUT2D eigenvalue weighted by atomic mass is 16.3. The molecule has 9 nitrogen and oxygen atoms in total. The molecule has 0 aromatic rings. The summed E-state index contributed by atoms with van der Waals surface area (Å²) in [6, 6.07) is -1.19. The Morgan fingerprint density at radius 1 is 0.510 bits per heavy atom. The molecular weight excluding hydrogens is 620 g/mol. The van der Waals surface area contributed by atoms with Crippen LogP contribution in [0.1, 0.15) is 188 Å². The maximum Gasteiger partial charge on any atom is 0.217 e. The van der Waals surface area contributed by atoms with Crippen LogP contribution in [0.25, 0.3) is 0 Å². The predicted molar refractivity (Wildman–Crippen MR) is 205 cm³/mol. The van der Waals surface area contributed by atoms with E-state index >= 15 is 0 Å². The van der Waals surface area contributed by atoms with Crippen molar-refractivity contribution in [2.45, 2.75) is 224 Å². The first-order chi connectivity index (χ1) is 23.6.